The molecule has 0 bridgehead atoms. The molecule has 0 aromatic heterocycles. The molecule has 0 aliphatic heterocycles. The van der Waals surface area contributed by atoms with Crippen molar-refractivity contribution in [3.63, 3.8) is 0 Å². The minimum Gasteiger partial charge on any atom is -0.341 e. The molecule has 1 aromatic rings. The predicted molar refractivity (Wildman–Crippen MR) is 61.9 cm³/mol. The second-order valence-electron chi connectivity index (χ2n) is 2.27. The Morgan fingerprint density at radius 1 is 1.00 bits per heavy atom. The van der Waals surface area contributed by atoms with Crippen molar-refractivity contribution in [2.24, 2.45) is 0 Å². The predicted octanol–water partition coefficient (Wildman–Crippen LogP) is 2.53. The van der Waals surface area contributed by atoms with Crippen LogP contribution in [0.5, 0.6) is 0 Å². The third kappa shape index (κ3) is 2.52. The monoisotopic (exact) mass is 428 g/mol. The minimum atomic E-state index is -1.53. The molecule has 8 heteroatoms. The van der Waals surface area contributed by atoms with Gasteiger partial charge in [0.1, 0.15) is 0 Å². The van der Waals surface area contributed by atoms with Crippen LogP contribution in [0.4, 0.5) is 13.2 Å². The standard InChI is InChI=1S/C6H2BF3I2O2/c8-4-2-1-3(5(9)6(4)10)7(13-11)14-12/h1-2H. The van der Waals surface area contributed by atoms with E-state index >= 15 is 0 Å². The van der Waals surface area contributed by atoms with Crippen LogP contribution in [0.3, 0.4) is 0 Å². The summed E-state index contributed by atoms with van der Waals surface area (Å²) >= 11 is 2.95. The summed E-state index contributed by atoms with van der Waals surface area (Å²) < 4.78 is 47.7. The first-order valence-corrected chi connectivity index (χ1v) is 5.06. The Labute approximate surface area is 107 Å². The molecule has 0 amide bonds. The van der Waals surface area contributed by atoms with Crippen molar-refractivity contribution in [2.45, 2.75) is 0 Å². The molecule has 0 aliphatic rings. The SMILES string of the molecule is Fc1ccc(B(OI)OI)c(F)c1F. The number of rotatable bonds is 3. The van der Waals surface area contributed by atoms with Gasteiger partial charge in [0, 0.05) is 5.46 Å². The van der Waals surface area contributed by atoms with E-state index in [0.717, 1.165) is 12.1 Å². The van der Waals surface area contributed by atoms with Gasteiger partial charge in [0.2, 0.25) is 0 Å². The fourth-order valence-corrected chi connectivity index (χ4v) is 1.99. The summed E-state index contributed by atoms with van der Waals surface area (Å²) in [5, 5.41) is 0. The van der Waals surface area contributed by atoms with Crippen LogP contribution < -0.4 is 5.46 Å². The molecular weight excluding hydrogens is 426 g/mol. The van der Waals surface area contributed by atoms with Crippen molar-refractivity contribution in [3.05, 3.63) is 29.6 Å². The topological polar surface area (TPSA) is 18.5 Å². The lowest BCUT2D eigenvalue weighted by Gasteiger charge is -2.07. The molecular formula is C6H2BF3I2O2. The zero-order valence-corrected chi connectivity index (χ0v) is 10.8. The van der Waals surface area contributed by atoms with Gasteiger partial charge in [-0.1, -0.05) is 6.07 Å². The Kier molecular flexibility index (Phi) is 4.93. The normalized spacial score (nSPS) is 10.4. The fraction of sp³-hybridized carbons (Fsp3) is 0. The van der Waals surface area contributed by atoms with Gasteiger partial charge in [0.25, 0.3) is 0 Å². The molecule has 14 heavy (non-hydrogen) atoms. The molecule has 0 N–H and O–H groups in total. The second kappa shape index (κ2) is 5.51. The lowest BCUT2D eigenvalue weighted by atomic mass is 9.80. The molecule has 0 spiro atoms. The van der Waals surface area contributed by atoms with Gasteiger partial charge in [-0.2, -0.15) is 0 Å². The molecule has 76 valence electrons. The van der Waals surface area contributed by atoms with Gasteiger partial charge in [-0.3, -0.25) is 0 Å². The fourth-order valence-electron chi connectivity index (χ4n) is 0.833. The first-order valence-electron chi connectivity index (χ1n) is 3.30. The van der Waals surface area contributed by atoms with Crippen molar-refractivity contribution in [1.29, 1.82) is 0 Å². The molecule has 0 heterocycles. The first kappa shape index (κ1) is 12.5. The average Bonchev–Trinajstić information content (AvgIpc) is 2.19. The van der Waals surface area contributed by atoms with Crippen LogP contribution in [0.1, 0.15) is 0 Å². The Morgan fingerprint density at radius 3 is 2.07 bits per heavy atom. The van der Waals surface area contributed by atoms with Crippen molar-refractivity contribution in [1.82, 2.24) is 0 Å². The third-order valence-corrected chi connectivity index (χ3v) is 2.40. The molecule has 0 unspecified atom stereocenters. The summed E-state index contributed by atoms with van der Waals surface area (Å²) in [7, 11) is -1.06. The molecule has 0 atom stereocenters. The van der Waals surface area contributed by atoms with Gasteiger partial charge in [-0.05, 0) is 6.07 Å². The van der Waals surface area contributed by atoms with Crippen LogP contribution in [0.2, 0.25) is 0 Å². The van der Waals surface area contributed by atoms with Crippen LogP contribution in [0.15, 0.2) is 12.1 Å². The van der Waals surface area contributed by atoms with Gasteiger partial charge in [0.15, 0.2) is 17.5 Å². The minimum absolute atomic E-state index is 0.187. The zero-order valence-electron chi connectivity index (χ0n) is 6.44. The van der Waals surface area contributed by atoms with E-state index < -0.39 is 24.6 Å². The van der Waals surface area contributed by atoms with Crippen molar-refractivity contribution in [3.8, 4) is 0 Å². The Morgan fingerprint density at radius 2 is 1.57 bits per heavy atom. The highest BCUT2D eigenvalue weighted by Gasteiger charge is 2.27. The number of halogens is 5. The molecule has 0 radical (unpaired) electrons. The van der Waals surface area contributed by atoms with Gasteiger partial charge in [0.05, 0.1) is 46.0 Å². The Hall–Kier alpha value is 0.455. The lowest BCUT2D eigenvalue weighted by Crippen LogP contribution is -2.35. The van der Waals surface area contributed by atoms with E-state index in [2.05, 4.69) is 5.97 Å². The second-order valence-corrected chi connectivity index (χ2v) is 3.29. The molecule has 2 nitrogen and oxygen atoms in total. The first-order chi connectivity index (χ1) is 6.61. The highest BCUT2D eigenvalue weighted by molar-refractivity contribution is 14.1. The maximum Gasteiger partial charge on any atom is 0.515 e. The lowest BCUT2D eigenvalue weighted by molar-refractivity contribution is 0.448. The van der Waals surface area contributed by atoms with E-state index in [-0.39, 0.29) is 5.46 Å². The van der Waals surface area contributed by atoms with E-state index in [1.54, 1.807) is 0 Å². The van der Waals surface area contributed by atoms with E-state index in [1.807, 2.05) is 0 Å². The van der Waals surface area contributed by atoms with Gasteiger partial charge in [-0.15, -0.1) is 0 Å². The van der Waals surface area contributed by atoms with Crippen molar-refractivity contribution in [2.75, 3.05) is 0 Å². The maximum absolute atomic E-state index is 13.1. The molecule has 0 fully saturated rings. The van der Waals surface area contributed by atoms with Gasteiger partial charge in [-0.25, -0.2) is 13.2 Å². The van der Waals surface area contributed by atoms with Crippen LogP contribution >= 0.6 is 46.0 Å². The number of hydrogen-bond donors (Lipinski definition) is 0. The summed E-state index contributed by atoms with van der Waals surface area (Å²) in [4.78, 5) is 0. The zero-order chi connectivity index (χ0) is 10.7. The van der Waals surface area contributed by atoms with E-state index in [0.29, 0.717) is 0 Å². The third-order valence-electron chi connectivity index (χ3n) is 1.48. The van der Waals surface area contributed by atoms with Crippen LogP contribution in [-0.2, 0) is 5.97 Å². The molecule has 1 aromatic carbocycles. The van der Waals surface area contributed by atoms with Crippen LogP contribution in [0, 0.1) is 17.5 Å². The number of benzene rings is 1. The summed E-state index contributed by atoms with van der Waals surface area (Å²) in [5.74, 6) is -4.08. The van der Waals surface area contributed by atoms with E-state index in [4.69, 9.17) is 0 Å². The van der Waals surface area contributed by atoms with E-state index in [9.17, 15) is 13.2 Å². The van der Waals surface area contributed by atoms with Crippen LogP contribution in [-0.4, -0.2) is 7.12 Å². The van der Waals surface area contributed by atoms with Crippen molar-refractivity contribution >= 4 is 58.6 Å². The molecule has 1 rings (SSSR count). The largest absolute Gasteiger partial charge is 0.515 e. The molecule has 0 aliphatic carbocycles. The molecule has 0 saturated heterocycles. The van der Waals surface area contributed by atoms with Gasteiger partial charge < -0.3 is 5.97 Å². The van der Waals surface area contributed by atoms with E-state index in [1.165, 1.54) is 46.0 Å². The van der Waals surface area contributed by atoms with Gasteiger partial charge >= 0.3 is 7.12 Å². The Balaban J connectivity index is 3.16. The summed E-state index contributed by atoms with van der Waals surface area (Å²) in [6.07, 6.45) is 0. The summed E-state index contributed by atoms with van der Waals surface area (Å²) in [5.41, 5.74) is -0.187. The average molecular weight is 428 g/mol. The Bertz CT molecular complexity index is 335. The summed E-state index contributed by atoms with van der Waals surface area (Å²) in [6.45, 7) is 0. The highest BCUT2D eigenvalue weighted by atomic mass is 127. The van der Waals surface area contributed by atoms with Crippen molar-refractivity contribution < 1.29 is 19.1 Å². The smallest absolute Gasteiger partial charge is 0.341 e. The number of hydrogen-bond acceptors (Lipinski definition) is 2. The quantitative estimate of drug-likeness (QED) is 0.419. The maximum atomic E-state index is 13.1. The molecule has 0 saturated carbocycles. The highest BCUT2D eigenvalue weighted by Crippen LogP contribution is 2.11. The summed E-state index contributed by atoms with van der Waals surface area (Å²) in [6, 6.07) is 1.88. The van der Waals surface area contributed by atoms with Crippen LogP contribution in [0.25, 0.3) is 0 Å².